The quantitative estimate of drug-likeness (QED) is 0.628. The fraction of sp³-hybridized carbons (Fsp3) is 0.478. The van der Waals surface area contributed by atoms with Crippen LogP contribution in [-0.2, 0) is 11.3 Å². The van der Waals surface area contributed by atoms with Crippen molar-refractivity contribution in [2.24, 2.45) is 0 Å². The molecule has 6 nitrogen and oxygen atoms in total. The second-order valence-corrected chi connectivity index (χ2v) is 8.03. The van der Waals surface area contributed by atoms with E-state index < -0.39 is 0 Å². The average Bonchev–Trinajstić information content (AvgIpc) is 3.04. The normalized spacial score (nSPS) is 15.0. The summed E-state index contributed by atoms with van der Waals surface area (Å²) >= 11 is 6.44. The number of aromatic nitrogens is 2. The number of aryl methyl sites for hydroxylation is 2. The second kappa shape index (κ2) is 10.5. The Morgan fingerprint density at radius 3 is 2.63 bits per heavy atom. The average molecular weight is 431 g/mol. The van der Waals surface area contributed by atoms with E-state index in [9.17, 15) is 4.79 Å². The summed E-state index contributed by atoms with van der Waals surface area (Å²) in [6.45, 7) is 6.67. The minimum atomic E-state index is -0.0883. The SMILES string of the molecule is CCCCn1nc(C)c(/C=C/C(=O)NC2CCN(c3ccc(OC)cc3)CC2)c1Cl. The Labute approximate surface area is 183 Å². The Hall–Kier alpha value is -2.47. The van der Waals surface area contributed by atoms with Crippen LogP contribution >= 0.6 is 11.6 Å². The van der Waals surface area contributed by atoms with Crippen LogP contribution in [0.3, 0.4) is 0 Å². The van der Waals surface area contributed by atoms with Crippen molar-refractivity contribution < 1.29 is 9.53 Å². The molecule has 1 saturated heterocycles. The Kier molecular flexibility index (Phi) is 7.80. The Morgan fingerprint density at radius 2 is 2.00 bits per heavy atom. The van der Waals surface area contributed by atoms with Gasteiger partial charge < -0.3 is 15.0 Å². The monoisotopic (exact) mass is 430 g/mol. The predicted octanol–water partition coefficient (Wildman–Crippen LogP) is 4.45. The summed E-state index contributed by atoms with van der Waals surface area (Å²) in [5, 5.41) is 8.19. The van der Waals surface area contributed by atoms with Crippen LogP contribution in [0, 0.1) is 6.92 Å². The van der Waals surface area contributed by atoms with E-state index in [0.717, 1.165) is 62.3 Å². The molecule has 1 aliphatic heterocycles. The number of hydrogen-bond acceptors (Lipinski definition) is 4. The van der Waals surface area contributed by atoms with Crippen LogP contribution in [0.25, 0.3) is 6.08 Å². The smallest absolute Gasteiger partial charge is 0.244 e. The van der Waals surface area contributed by atoms with E-state index >= 15 is 0 Å². The number of amides is 1. The predicted molar refractivity (Wildman–Crippen MR) is 122 cm³/mol. The highest BCUT2D eigenvalue weighted by Gasteiger charge is 2.20. The Morgan fingerprint density at radius 1 is 1.30 bits per heavy atom. The number of anilines is 1. The molecule has 1 aromatic carbocycles. The minimum absolute atomic E-state index is 0.0883. The second-order valence-electron chi connectivity index (χ2n) is 7.67. The molecule has 2 aromatic rings. The van der Waals surface area contributed by atoms with E-state index in [4.69, 9.17) is 16.3 Å². The molecule has 0 saturated carbocycles. The summed E-state index contributed by atoms with van der Waals surface area (Å²) in [5.74, 6) is 0.772. The lowest BCUT2D eigenvalue weighted by Gasteiger charge is -2.33. The van der Waals surface area contributed by atoms with Gasteiger partial charge in [-0.3, -0.25) is 9.48 Å². The van der Waals surface area contributed by atoms with Gasteiger partial charge in [0, 0.05) is 43.0 Å². The highest BCUT2D eigenvalue weighted by atomic mass is 35.5. The summed E-state index contributed by atoms with van der Waals surface area (Å²) in [7, 11) is 1.67. The molecule has 0 unspecified atom stereocenters. The first-order chi connectivity index (χ1) is 14.5. The fourth-order valence-electron chi connectivity index (χ4n) is 3.70. The first-order valence-corrected chi connectivity index (χ1v) is 11.0. The van der Waals surface area contributed by atoms with Gasteiger partial charge in [0.05, 0.1) is 12.8 Å². The maximum atomic E-state index is 12.4. The number of benzene rings is 1. The van der Waals surface area contributed by atoms with E-state index in [1.165, 1.54) is 5.69 Å². The first kappa shape index (κ1) is 22.2. The molecule has 1 amide bonds. The van der Waals surface area contributed by atoms with Crippen molar-refractivity contribution in [3.63, 3.8) is 0 Å². The first-order valence-electron chi connectivity index (χ1n) is 10.6. The molecule has 162 valence electrons. The Balaban J connectivity index is 1.50. The molecule has 30 heavy (non-hydrogen) atoms. The highest BCUT2D eigenvalue weighted by Crippen LogP contribution is 2.24. The van der Waals surface area contributed by atoms with E-state index in [2.05, 4.69) is 34.4 Å². The molecule has 0 spiro atoms. The molecule has 3 rings (SSSR count). The van der Waals surface area contributed by atoms with Crippen molar-refractivity contribution in [2.45, 2.75) is 52.1 Å². The number of halogens is 1. The van der Waals surface area contributed by atoms with Crippen molar-refractivity contribution in [3.8, 4) is 5.75 Å². The zero-order chi connectivity index (χ0) is 21.5. The van der Waals surface area contributed by atoms with Gasteiger partial charge in [-0.25, -0.2) is 0 Å². The van der Waals surface area contributed by atoms with E-state index in [0.29, 0.717) is 5.15 Å². The summed E-state index contributed by atoms with van der Waals surface area (Å²) < 4.78 is 7.03. The largest absolute Gasteiger partial charge is 0.497 e. The van der Waals surface area contributed by atoms with Gasteiger partial charge in [0.1, 0.15) is 10.9 Å². The zero-order valence-electron chi connectivity index (χ0n) is 18.0. The van der Waals surface area contributed by atoms with Gasteiger partial charge in [0.2, 0.25) is 5.91 Å². The van der Waals surface area contributed by atoms with Crippen LogP contribution in [0.5, 0.6) is 5.75 Å². The number of ether oxygens (including phenoxy) is 1. The van der Waals surface area contributed by atoms with Crippen LogP contribution in [0.2, 0.25) is 5.15 Å². The van der Waals surface area contributed by atoms with Gasteiger partial charge >= 0.3 is 0 Å². The van der Waals surface area contributed by atoms with E-state index in [1.54, 1.807) is 19.3 Å². The topological polar surface area (TPSA) is 59.4 Å². The lowest BCUT2D eigenvalue weighted by atomic mass is 10.0. The molecule has 1 aromatic heterocycles. The lowest BCUT2D eigenvalue weighted by molar-refractivity contribution is -0.117. The number of nitrogens with one attached hydrogen (secondary N) is 1. The van der Waals surface area contributed by atoms with Crippen LogP contribution in [-0.4, -0.2) is 41.9 Å². The van der Waals surface area contributed by atoms with Gasteiger partial charge in [0.25, 0.3) is 0 Å². The van der Waals surface area contributed by atoms with E-state index in [1.807, 2.05) is 23.7 Å². The standard InChI is InChI=1S/C23H31ClN4O2/c1-4-5-14-28-23(24)21(17(2)26-28)10-11-22(29)25-18-12-15-27(16-13-18)19-6-8-20(30-3)9-7-19/h6-11,18H,4-5,12-16H2,1-3H3,(H,25,29)/b11-10+. The molecule has 1 N–H and O–H groups in total. The molecule has 7 heteroatoms. The Bertz CT molecular complexity index is 868. The molecule has 1 fully saturated rings. The summed E-state index contributed by atoms with van der Waals surface area (Å²) in [4.78, 5) is 14.8. The summed E-state index contributed by atoms with van der Waals surface area (Å²) in [6, 6.07) is 8.29. The third-order valence-corrected chi connectivity index (χ3v) is 5.91. The van der Waals surface area contributed by atoms with Crippen LogP contribution in [0.1, 0.15) is 43.9 Å². The van der Waals surface area contributed by atoms with Crippen molar-refractivity contribution in [1.29, 1.82) is 0 Å². The third kappa shape index (κ3) is 5.57. The third-order valence-electron chi connectivity index (χ3n) is 5.51. The van der Waals surface area contributed by atoms with Gasteiger partial charge in [-0.2, -0.15) is 5.10 Å². The number of carbonyl (C=O) groups is 1. The summed E-state index contributed by atoms with van der Waals surface area (Å²) in [5.41, 5.74) is 2.84. The molecular weight excluding hydrogens is 400 g/mol. The zero-order valence-corrected chi connectivity index (χ0v) is 18.8. The van der Waals surface area contributed by atoms with Gasteiger partial charge in [-0.1, -0.05) is 24.9 Å². The molecule has 2 heterocycles. The number of nitrogens with zero attached hydrogens (tertiary/aromatic N) is 3. The molecule has 0 bridgehead atoms. The molecule has 0 aliphatic carbocycles. The van der Waals surface area contributed by atoms with Crippen molar-refractivity contribution >= 4 is 29.3 Å². The fourth-order valence-corrected chi connectivity index (χ4v) is 4.02. The number of rotatable bonds is 8. The number of methoxy groups -OCH3 is 1. The molecule has 1 aliphatic rings. The highest BCUT2D eigenvalue weighted by molar-refractivity contribution is 6.31. The maximum absolute atomic E-state index is 12.4. The van der Waals surface area contributed by atoms with Gasteiger partial charge in [0.15, 0.2) is 0 Å². The lowest BCUT2D eigenvalue weighted by Crippen LogP contribution is -2.44. The van der Waals surface area contributed by atoms with Gasteiger partial charge in [-0.05, 0) is 56.5 Å². The van der Waals surface area contributed by atoms with Crippen molar-refractivity contribution in [1.82, 2.24) is 15.1 Å². The molecule has 0 atom stereocenters. The number of hydrogen-bond donors (Lipinski definition) is 1. The van der Waals surface area contributed by atoms with Gasteiger partial charge in [-0.15, -0.1) is 0 Å². The molecular formula is C23H31ClN4O2. The van der Waals surface area contributed by atoms with Crippen LogP contribution in [0.4, 0.5) is 5.69 Å². The minimum Gasteiger partial charge on any atom is -0.497 e. The number of piperidine rings is 1. The molecule has 0 radical (unpaired) electrons. The van der Waals surface area contributed by atoms with Crippen molar-refractivity contribution in [2.75, 3.05) is 25.1 Å². The number of carbonyl (C=O) groups excluding carboxylic acids is 1. The van der Waals surface area contributed by atoms with Crippen molar-refractivity contribution in [3.05, 3.63) is 46.8 Å². The summed E-state index contributed by atoms with van der Waals surface area (Å²) in [6.07, 6.45) is 7.28. The van der Waals surface area contributed by atoms with E-state index in [-0.39, 0.29) is 11.9 Å². The maximum Gasteiger partial charge on any atom is 0.244 e. The van der Waals surface area contributed by atoms with Crippen LogP contribution in [0.15, 0.2) is 30.3 Å². The number of unbranched alkanes of at least 4 members (excludes halogenated alkanes) is 1. The van der Waals surface area contributed by atoms with Crippen LogP contribution < -0.4 is 15.0 Å².